The molecular weight excluding hydrogens is 344 g/mol. The maximum Gasteiger partial charge on any atom is 0.265 e. The summed E-state index contributed by atoms with van der Waals surface area (Å²) in [4.78, 5) is 26.5. The highest BCUT2D eigenvalue weighted by molar-refractivity contribution is 6.00. The summed E-state index contributed by atoms with van der Waals surface area (Å²) < 4.78 is 11.0. The van der Waals surface area contributed by atoms with E-state index in [0.717, 1.165) is 24.0 Å². The minimum Gasteiger partial charge on any atom is -0.482 e. The highest BCUT2D eigenvalue weighted by atomic mass is 16.5. The fourth-order valence-electron chi connectivity index (χ4n) is 3.42. The molecule has 2 aliphatic rings. The van der Waals surface area contributed by atoms with E-state index in [2.05, 4.69) is 5.32 Å². The normalized spacial score (nSPS) is 18.8. The molecule has 27 heavy (non-hydrogen) atoms. The van der Waals surface area contributed by atoms with E-state index in [9.17, 15) is 9.59 Å². The fraction of sp³-hybridized carbons (Fsp3) is 0.333. The number of rotatable bonds is 4. The Hall–Kier alpha value is -2.86. The summed E-state index contributed by atoms with van der Waals surface area (Å²) in [6.07, 6.45) is 1.23. The highest BCUT2D eigenvalue weighted by Gasteiger charge is 2.28. The lowest BCUT2D eigenvalue weighted by molar-refractivity contribution is -0.124. The number of nitrogens with one attached hydrogen (secondary N) is 1. The third-order valence-corrected chi connectivity index (χ3v) is 4.98. The standard InChI is InChI=1S/C21H22N2O4/c1-14-5-2-3-6-15(14)12-23-17-11-16(8-9-18(17)27-13-20(23)24)22-21(25)19-7-4-10-26-19/h2-3,5-6,8-9,11,19H,4,7,10,12-13H2,1H3,(H,22,25). The van der Waals surface area contributed by atoms with Gasteiger partial charge in [0.2, 0.25) is 0 Å². The fourth-order valence-corrected chi connectivity index (χ4v) is 3.42. The molecule has 6 heteroatoms. The lowest BCUT2D eigenvalue weighted by atomic mass is 10.1. The number of nitrogens with zero attached hydrogens (tertiary/aromatic N) is 1. The lowest BCUT2D eigenvalue weighted by Crippen LogP contribution is -2.38. The third kappa shape index (κ3) is 3.66. The summed E-state index contributed by atoms with van der Waals surface area (Å²) in [5, 5.41) is 2.89. The Labute approximate surface area is 158 Å². The van der Waals surface area contributed by atoms with Gasteiger partial charge in [-0.05, 0) is 49.1 Å². The summed E-state index contributed by atoms with van der Waals surface area (Å²) in [5.41, 5.74) is 3.50. The molecule has 2 amide bonds. The Kier molecular flexibility index (Phi) is 4.81. The zero-order valence-electron chi connectivity index (χ0n) is 15.2. The van der Waals surface area contributed by atoms with Crippen LogP contribution in [-0.4, -0.2) is 31.1 Å². The van der Waals surface area contributed by atoms with Crippen LogP contribution < -0.4 is 15.0 Å². The van der Waals surface area contributed by atoms with Crippen LogP contribution in [0, 0.1) is 6.92 Å². The summed E-state index contributed by atoms with van der Waals surface area (Å²) in [6.45, 7) is 3.12. The second-order valence-corrected chi connectivity index (χ2v) is 6.87. The molecule has 0 aromatic heterocycles. The van der Waals surface area contributed by atoms with Gasteiger partial charge in [0.1, 0.15) is 11.9 Å². The Morgan fingerprint density at radius 1 is 1.26 bits per heavy atom. The summed E-state index contributed by atoms with van der Waals surface area (Å²) >= 11 is 0. The Balaban J connectivity index is 1.59. The first-order valence-electron chi connectivity index (χ1n) is 9.16. The van der Waals surface area contributed by atoms with E-state index >= 15 is 0 Å². The summed E-state index contributed by atoms with van der Waals surface area (Å²) in [5.74, 6) is 0.382. The van der Waals surface area contributed by atoms with E-state index in [1.165, 1.54) is 0 Å². The van der Waals surface area contributed by atoms with Gasteiger partial charge in [-0.2, -0.15) is 0 Å². The first-order valence-corrected chi connectivity index (χ1v) is 9.16. The zero-order chi connectivity index (χ0) is 18.8. The van der Waals surface area contributed by atoms with E-state index in [4.69, 9.17) is 9.47 Å². The number of carbonyl (C=O) groups excluding carboxylic acids is 2. The SMILES string of the molecule is Cc1ccccc1CN1C(=O)COc2ccc(NC(=O)C3CCCO3)cc21. The van der Waals surface area contributed by atoms with Crippen LogP contribution in [0.3, 0.4) is 0 Å². The van der Waals surface area contributed by atoms with Crippen LogP contribution in [0.4, 0.5) is 11.4 Å². The molecule has 0 spiro atoms. The molecule has 0 saturated carbocycles. The number of hydrogen-bond donors (Lipinski definition) is 1. The minimum atomic E-state index is -0.401. The number of aryl methyl sites for hydroxylation is 1. The van der Waals surface area contributed by atoms with E-state index in [1.54, 1.807) is 23.1 Å². The van der Waals surface area contributed by atoms with Gasteiger partial charge >= 0.3 is 0 Å². The van der Waals surface area contributed by atoms with Crippen molar-refractivity contribution >= 4 is 23.2 Å². The first-order chi connectivity index (χ1) is 13.1. The van der Waals surface area contributed by atoms with Crippen molar-refractivity contribution < 1.29 is 19.1 Å². The highest BCUT2D eigenvalue weighted by Crippen LogP contribution is 2.36. The number of carbonyl (C=O) groups is 2. The molecule has 6 nitrogen and oxygen atoms in total. The van der Waals surface area contributed by atoms with Crippen molar-refractivity contribution in [3.8, 4) is 5.75 Å². The Morgan fingerprint density at radius 3 is 2.89 bits per heavy atom. The second kappa shape index (κ2) is 7.40. The van der Waals surface area contributed by atoms with Crippen LogP contribution in [0.15, 0.2) is 42.5 Å². The van der Waals surface area contributed by atoms with E-state index in [1.807, 2.05) is 31.2 Å². The molecule has 1 unspecified atom stereocenters. The van der Waals surface area contributed by atoms with Gasteiger partial charge in [0.15, 0.2) is 6.61 Å². The molecule has 2 aromatic rings. The molecule has 0 aliphatic carbocycles. The molecule has 1 saturated heterocycles. The number of anilines is 2. The average molecular weight is 366 g/mol. The van der Waals surface area contributed by atoms with Gasteiger partial charge in [-0.3, -0.25) is 9.59 Å². The summed E-state index contributed by atoms with van der Waals surface area (Å²) in [6, 6.07) is 13.3. The van der Waals surface area contributed by atoms with Crippen molar-refractivity contribution in [3.05, 3.63) is 53.6 Å². The molecule has 1 atom stereocenters. The smallest absolute Gasteiger partial charge is 0.265 e. The van der Waals surface area contributed by atoms with Crippen molar-refractivity contribution in [2.24, 2.45) is 0 Å². The quantitative estimate of drug-likeness (QED) is 0.903. The predicted octanol–water partition coefficient (Wildman–Crippen LogP) is 3.04. The van der Waals surface area contributed by atoms with E-state index in [-0.39, 0.29) is 18.4 Å². The molecule has 2 aromatic carbocycles. The van der Waals surface area contributed by atoms with Crippen molar-refractivity contribution in [2.45, 2.75) is 32.4 Å². The monoisotopic (exact) mass is 366 g/mol. The third-order valence-electron chi connectivity index (χ3n) is 4.98. The number of amides is 2. The zero-order valence-corrected chi connectivity index (χ0v) is 15.2. The Bertz CT molecular complexity index is 874. The van der Waals surface area contributed by atoms with Crippen LogP contribution in [0.25, 0.3) is 0 Å². The van der Waals surface area contributed by atoms with Crippen molar-refractivity contribution in [3.63, 3.8) is 0 Å². The van der Waals surface area contributed by atoms with Gasteiger partial charge in [0, 0.05) is 12.3 Å². The van der Waals surface area contributed by atoms with Crippen LogP contribution in [0.5, 0.6) is 5.75 Å². The number of ether oxygens (including phenoxy) is 2. The molecule has 2 aliphatic heterocycles. The van der Waals surface area contributed by atoms with E-state index < -0.39 is 6.10 Å². The number of hydrogen-bond acceptors (Lipinski definition) is 4. The van der Waals surface area contributed by atoms with Gasteiger partial charge in [0.05, 0.1) is 12.2 Å². The molecule has 0 radical (unpaired) electrons. The molecular formula is C21H22N2O4. The van der Waals surface area contributed by atoms with Gasteiger partial charge in [-0.25, -0.2) is 0 Å². The topological polar surface area (TPSA) is 67.9 Å². The minimum absolute atomic E-state index is 0.0144. The van der Waals surface area contributed by atoms with Gasteiger partial charge in [-0.1, -0.05) is 24.3 Å². The van der Waals surface area contributed by atoms with Gasteiger partial charge in [0.25, 0.3) is 11.8 Å². The lowest BCUT2D eigenvalue weighted by Gasteiger charge is -2.30. The average Bonchev–Trinajstić information content (AvgIpc) is 3.21. The van der Waals surface area contributed by atoms with Gasteiger partial charge in [-0.15, -0.1) is 0 Å². The van der Waals surface area contributed by atoms with Crippen LogP contribution in [0.2, 0.25) is 0 Å². The maximum absolute atomic E-state index is 12.5. The van der Waals surface area contributed by atoms with Crippen molar-refractivity contribution in [1.29, 1.82) is 0 Å². The maximum atomic E-state index is 12.5. The molecule has 1 N–H and O–H groups in total. The summed E-state index contributed by atoms with van der Waals surface area (Å²) in [7, 11) is 0. The van der Waals surface area contributed by atoms with Crippen molar-refractivity contribution in [2.75, 3.05) is 23.4 Å². The largest absolute Gasteiger partial charge is 0.482 e. The molecule has 0 bridgehead atoms. The molecule has 4 rings (SSSR count). The number of benzene rings is 2. The molecule has 1 fully saturated rings. The van der Waals surface area contributed by atoms with E-state index in [0.29, 0.717) is 30.3 Å². The van der Waals surface area contributed by atoms with Crippen LogP contribution in [0.1, 0.15) is 24.0 Å². The van der Waals surface area contributed by atoms with Crippen molar-refractivity contribution in [1.82, 2.24) is 0 Å². The molecule has 140 valence electrons. The predicted molar refractivity (Wildman–Crippen MR) is 102 cm³/mol. The van der Waals surface area contributed by atoms with Gasteiger partial charge < -0.3 is 19.7 Å². The van der Waals surface area contributed by atoms with Crippen LogP contribution in [-0.2, 0) is 20.9 Å². The number of fused-ring (bicyclic) bond motifs is 1. The second-order valence-electron chi connectivity index (χ2n) is 6.87. The molecule has 2 heterocycles. The first kappa shape index (κ1) is 17.5. The Morgan fingerprint density at radius 2 is 2.11 bits per heavy atom. The van der Waals surface area contributed by atoms with Crippen LogP contribution >= 0.6 is 0 Å².